The van der Waals surface area contributed by atoms with E-state index in [0.29, 0.717) is 16.7 Å². The van der Waals surface area contributed by atoms with Crippen LogP contribution in [0.5, 0.6) is 0 Å². The third-order valence-electron chi connectivity index (χ3n) is 2.25. The first-order chi connectivity index (χ1) is 8.06. The Kier molecular flexibility index (Phi) is 3.49. The van der Waals surface area contributed by atoms with Crippen LogP contribution in [0.3, 0.4) is 0 Å². The lowest BCUT2D eigenvalue weighted by Crippen LogP contribution is -2.09. The Bertz CT molecular complexity index is 526. The summed E-state index contributed by atoms with van der Waals surface area (Å²) >= 11 is 7.44. The van der Waals surface area contributed by atoms with Crippen LogP contribution in [0.4, 0.5) is 11.5 Å². The summed E-state index contributed by atoms with van der Waals surface area (Å²) in [4.78, 5) is 8.56. The van der Waals surface area contributed by atoms with E-state index in [4.69, 9.17) is 17.3 Å². The van der Waals surface area contributed by atoms with Crippen molar-refractivity contribution in [3.05, 3.63) is 33.4 Å². The molecule has 0 aliphatic heterocycles. The molecule has 0 saturated carbocycles. The van der Waals surface area contributed by atoms with Crippen molar-refractivity contribution in [3.63, 3.8) is 0 Å². The maximum absolute atomic E-state index is 5.83. The van der Waals surface area contributed by atoms with Gasteiger partial charge in [0.25, 0.3) is 0 Å². The molecule has 3 N–H and O–H groups in total. The molecule has 0 fully saturated rings. The Morgan fingerprint density at radius 2 is 2.18 bits per heavy atom. The Morgan fingerprint density at radius 3 is 2.82 bits per heavy atom. The molecule has 2 heterocycles. The molecule has 2 aromatic heterocycles. The summed E-state index contributed by atoms with van der Waals surface area (Å²) in [7, 11) is 0. The lowest BCUT2D eigenvalue weighted by molar-refractivity contribution is 0.856. The van der Waals surface area contributed by atoms with Crippen molar-refractivity contribution >= 4 is 34.4 Å². The quantitative estimate of drug-likeness (QED) is 0.839. The predicted octanol–water partition coefficient (Wildman–Crippen LogP) is 3.26. The highest BCUT2D eigenvalue weighted by Crippen LogP contribution is 2.25. The van der Waals surface area contributed by atoms with Gasteiger partial charge in [0.05, 0.1) is 11.7 Å². The number of nitrogens with two attached hydrogens (primary N) is 1. The van der Waals surface area contributed by atoms with E-state index >= 15 is 0 Å². The topological polar surface area (TPSA) is 63.8 Å². The van der Waals surface area contributed by atoms with Crippen molar-refractivity contribution < 1.29 is 0 Å². The highest BCUT2D eigenvalue weighted by Gasteiger charge is 2.11. The summed E-state index contributed by atoms with van der Waals surface area (Å²) in [5, 5.41) is 6.65. The number of nitrogens with one attached hydrogen (secondary N) is 1. The average molecular weight is 269 g/mol. The lowest BCUT2D eigenvalue weighted by atomic mass is 10.3. The van der Waals surface area contributed by atoms with Crippen molar-refractivity contribution in [2.75, 3.05) is 11.1 Å². The molecule has 0 saturated heterocycles. The molecule has 6 heteroatoms. The second-order valence-corrected chi connectivity index (χ2v) is 5.04. The molecule has 17 heavy (non-hydrogen) atoms. The maximum Gasteiger partial charge on any atom is 0.151 e. The Hall–Kier alpha value is -1.33. The largest absolute Gasteiger partial charge is 0.396 e. The summed E-state index contributed by atoms with van der Waals surface area (Å²) < 4.78 is 0. The molecule has 90 valence electrons. The van der Waals surface area contributed by atoms with Crippen LogP contribution in [0, 0.1) is 6.92 Å². The second kappa shape index (κ2) is 4.89. The maximum atomic E-state index is 5.83. The zero-order chi connectivity index (χ0) is 12.4. The number of aryl methyl sites for hydroxylation is 1. The van der Waals surface area contributed by atoms with Crippen LogP contribution in [-0.4, -0.2) is 9.97 Å². The van der Waals surface area contributed by atoms with Crippen molar-refractivity contribution in [3.8, 4) is 0 Å². The van der Waals surface area contributed by atoms with Gasteiger partial charge in [0, 0.05) is 11.1 Å². The zero-order valence-corrected chi connectivity index (χ0v) is 11.1. The minimum atomic E-state index is 0.0574. The third kappa shape index (κ3) is 2.87. The molecule has 0 radical (unpaired) electrons. The van der Waals surface area contributed by atoms with E-state index < -0.39 is 0 Å². The average Bonchev–Trinajstić information content (AvgIpc) is 2.70. The van der Waals surface area contributed by atoms with E-state index in [0.717, 1.165) is 10.7 Å². The van der Waals surface area contributed by atoms with E-state index in [9.17, 15) is 0 Å². The highest BCUT2D eigenvalue weighted by molar-refractivity contribution is 7.09. The van der Waals surface area contributed by atoms with Gasteiger partial charge in [-0.15, -0.1) is 11.3 Å². The van der Waals surface area contributed by atoms with Gasteiger partial charge >= 0.3 is 0 Å². The fourth-order valence-electron chi connectivity index (χ4n) is 1.40. The van der Waals surface area contributed by atoms with Crippen molar-refractivity contribution in [1.82, 2.24) is 9.97 Å². The van der Waals surface area contributed by atoms with Crippen molar-refractivity contribution in [1.29, 1.82) is 0 Å². The Balaban J connectivity index is 2.18. The number of hydrogen-bond donors (Lipinski definition) is 2. The summed E-state index contributed by atoms with van der Waals surface area (Å²) in [5.74, 6) is 0.595. The number of nitrogens with zero attached hydrogens (tertiary/aromatic N) is 2. The first-order valence-electron chi connectivity index (χ1n) is 5.17. The number of rotatable bonds is 3. The van der Waals surface area contributed by atoms with Gasteiger partial charge in [0.1, 0.15) is 10.2 Å². The molecule has 0 spiro atoms. The first kappa shape index (κ1) is 12.1. The number of anilines is 2. The van der Waals surface area contributed by atoms with Crippen LogP contribution in [0.1, 0.15) is 23.7 Å². The molecule has 4 nitrogen and oxygen atoms in total. The summed E-state index contributed by atoms with van der Waals surface area (Å²) in [5.41, 5.74) is 7.42. The third-order valence-corrected chi connectivity index (χ3v) is 3.61. The standard InChI is InChI=1S/C11H13ClN4S/c1-6-5-17-11(14-6)7(2)15-10-8(13)3-4-9(12)16-10/h3-5,7H,13H2,1-2H3,(H,15,16). The van der Waals surface area contributed by atoms with Gasteiger partial charge in [0.15, 0.2) is 5.82 Å². The van der Waals surface area contributed by atoms with Crippen LogP contribution in [0.15, 0.2) is 17.5 Å². The fraction of sp³-hybridized carbons (Fsp3) is 0.273. The zero-order valence-electron chi connectivity index (χ0n) is 9.57. The molecular weight excluding hydrogens is 256 g/mol. The number of nitrogen functional groups attached to an aromatic ring is 1. The summed E-state index contributed by atoms with van der Waals surface area (Å²) in [6.07, 6.45) is 0. The van der Waals surface area contributed by atoms with Crippen LogP contribution in [-0.2, 0) is 0 Å². The monoisotopic (exact) mass is 268 g/mol. The number of hydrogen-bond acceptors (Lipinski definition) is 5. The minimum Gasteiger partial charge on any atom is -0.396 e. The second-order valence-electron chi connectivity index (χ2n) is 3.76. The van der Waals surface area contributed by atoms with Gasteiger partial charge in [-0.3, -0.25) is 0 Å². The molecule has 0 aromatic carbocycles. The molecule has 1 atom stereocenters. The molecule has 2 aromatic rings. The first-order valence-corrected chi connectivity index (χ1v) is 6.42. The number of aromatic nitrogens is 2. The van der Waals surface area contributed by atoms with Gasteiger partial charge in [0.2, 0.25) is 0 Å². The van der Waals surface area contributed by atoms with Crippen LogP contribution in [0.25, 0.3) is 0 Å². The van der Waals surface area contributed by atoms with Gasteiger partial charge in [-0.1, -0.05) is 11.6 Å². The number of halogens is 1. The molecule has 0 aliphatic rings. The van der Waals surface area contributed by atoms with E-state index in [1.807, 2.05) is 19.2 Å². The van der Waals surface area contributed by atoms with Gasteiger partial charge in [-0.25, -0.2) is 9.97 Å². The normalized spacial score (nSPS) is 12.4. The van der Waals surface area contributed by atoms with Crippen LogP contribution < -0.4 is 11.1 Å². The Morgan fingerprint density at radius 1 is 1.41 bits per heavy atom. The van der Waals surface area contributed by atoms with E-state index in [1.54, 1.807) is 23.5 Å². The van der Waals surface area contributed by atoms with Gasteiger partial charge in [-0.05, 0) is 26.0 Å². The molecule has 2 rings (SSSR count). The van der Waals surface area contributed by atoms with E-state index in [1.165, 1.54) is 0 Å². The van der Waals surface area contributed by atoms with Crippen LogP contribution in [0.2, 0.25) is 5.15 Å². The van der Waals surface area contributed by atoms with Crippen LogP contribution >= 0.6 is 22.9 Å². The Labute approximate surface area is 109 Å². The SMILES string of the molecule is Cc1csc(C(C)Nc2nc(Cl)ccc2N)n1. The lowest BCUT2D eigenvalue weighted by Gasteiger charge is -2.13. The summed E-state index contributed by atoms with van der Waals surface area (Å²) in [6, 6.07) is 3.46. The minimum absolute atomic E-state index is 0.0574. The van der Waals surface area contributed by atoms with E-state index in [2.05, 4.69) is 15.3 Å². The predicted molar refractivity (Wildman–Crippen MR) is 72.5 cm³/mol. The summed E-state index contributed by atoms with van der Waals surface area (Å²) in [6.45, 7) is 3.99. The molecule has 1 unspecified atom stereocenters. The molecule has 0 amide bonds. The van der Waals surface area contributed by atoms with Gasteiger partial charge in [-0.2, -0.15) is 0 Å². The van der Waals surface area contributed by atoms with Crippen molar-refractivity contribution in [2.45, 2.75) is 19.9 Å². The molecule has 0 bridgehead atoms. The van der Waals surface area contributed by atoms with Gasteiger partial charge < -0.3 is 11.1 Å². The molecular formula is C11H13ClN4S. The van der Waals surface area contributed by atoms with E-state index in [-0.39, 0.29) is 6.04 Å². The van der Waals surface area contributed by atoms with Crippen molar-refractivity contribution in [2.24, 2.45) is 0 Å². The number of thiazole rings is 1. The number of pyridine rings is 1. The highest BCUT2D eigenvalue weighted by atomic mass is 35.5. The smallest absolute Gasteiger partial charge is 0.151 e. The fourth-order valence-corrected chi connectivity index (χ4v) is 2.35. The molecule has 0 aliphatic carbocycles.